The lowest BCUT2D eigenvalue weighted by atomic mass is 9.97. The third-order valence-corrected chi connectivity index (χ3v) is 2.81. The minimum atomic E-state index is -0.131. The topological polar surface area (TPSA) is 59.0 Å². The molecule has 0 fully saturated rings. The van der Waals surface area contributed by atoms with Gasteiger partial charge < -0.3 is 10.5 Å². The van der Waals surface area contributed by atoms with Gasteiger partial charge in [0.25, 0.3) is 0 Å². The highest BCUT2D eigenvalue weighted by atomic mass is 16.5. The monoisotopic (exact) mass is 218 g/mol. The predicted molar refractivity (Wildman–Crippen MR) is 64.2 cm³/mol. The van der Waals surface area contributed by atoms with Gasteiger partial charge in [-0.15, -0.1) is 0 Å². The first-order valence-corrected chi connectivity index (χ1v) is 5.37. The maximum absolute atomic E-state index is 8.55. The number of benzene rings is 1. The van der Waals surface area contributed by atoms with Crippen molar-refractivity contribution in [2.45, 2.75) is 32.7 Å². The van der Waals surface area contributed by atoms with E-state index in [1.807, 2.05) is 13.0 Å². The molecule has 1 rings (SSSR count). The summed E-state index contributed by atoms with van der Waals surface area (Å²) in [5, 5.41) is 8.55. The lowest BCUT2D eigenvalue weighted by Gasteiger charge is -2.16. The van der Waals surface area contributed by atoms with Crippen LogP contribution in [0.15, 0.2) is 12.1 Å². The van der Waals surface area contributed by atoms with Gasteiger partial charge in [0, 0.05) is 18.0 Å². The van der Waals surface area contributed by atoms with Crippen molar-refractivity contribution in [2.24, 2.45) is 5.73 Å². The zero-order valence-electron chi connectivity index (χ0n) is 10.1. The summed E-state index contributed by atoms with van der Waals surface area (Å²) < 4.78 is 5.32. The molecular weight excluding hydrogens is 200 g/mol. The molecule has 1 aromatic rings. The van der Waals surface area contributed by atoms with Gasteiger partial charge in [-0.3, -0.25) is 0 Å². The molecule has 86 valence electrons. The van der Waals surface area contributed by atoms with E-state index in [9.17, 15) is 0 Å². The molecule has 0 heterocycles. The maximum Gasteiger partial charge on any atom is 0.123 e. The molecule has 0 aliphatic rings. The van der Waals surface area contributed by atoms with Crippen LogP contribution in [0.3, 0.4) is 0 Å². The normalized spacial score (nSPS) is 11.9. The molecule has 0 bridgehead atoms. The van der Waals surface area contributed by atoms with Crippen LogP contribution in [0.4, 0.5) is 0 Å². The minimum absolute atomic E-state index is 0.131. The number of hydrogen-bond acceptors (Lipinski definition) is 3. The number of aryl methyl sites for hydroxylation is 2. The van der Waals surface area contributed by atoms with Gasteiger partial charge in [-0.05, 0) is 37.5 Å². The highest BCUT2D eigenvalue weighted by Gasteiger charge is 2.13. The smallest absolute Gasteiger partial charge is 0.123 e. The number of methoxy groups -OCH3 is 1. The second-order valence-electron chi connectivity index (χ2n) is 3.98. The summed E-state index contributed by atoms with van der Waals surface area (Å²) in [6, 6.07) is 6.03. The van der Waals surface area contributed by atoms with Crippen LogP contribution in [-0.4, -0.2) is 7.11 Å². The summed E-state index contributed by atoms with van der Waals surface area (Å²) in [6.07, 6.45) is 1.13. The van der Waals surface area contributed by atoms with Crippen molar-refractivity contribution in [3.63, 3.8) is 0 Å². The highest BCUT2D eigenvalue weighted by molar-refractivity contribution is 5.43. The molecule has 16 heavy (non-hydrogen) atoms. The summed E-state index contributed by atoms with van der Waals surface area (Å²) in [6.45, 7) is 4.09. The molecule has 0 spiro atoms. The van der Waals surface area contributed by atoms with E-state index in [0.717, 1.165) is 11.3 Å². The summed E-state index contributed by atoms with van der Waals surface area (Å²) in [5.41, 5.74) is 9.42. The number of nitriles is 1. The van der Waals surface area contributed by atoms with Crippen LogP contribution in [0.1, 0.15) is 35.6 Å². The predicted octanol–water partition coefficient (Wildman–Crippen LogP) is 2.62. The van der Waals surface area contributed by atoms with Crippen LogP contribution >= 0.6 is 0 Å². The largest absolute Gasteiger partial charge is 0.496 e. The standard InChI is InChI=1S/C13H18N2O/c1-9-7-11(12(15)5-4-6-14)13(16-3)8-10(9)2/h7-8,12H,4-5,15H2,1-3H3. The van der Waals surface area contributed by atoms with E-state index in [0.29, 0.717) is 12.8 Å². The van der Waals surface area contributed by atoms with Gasteiger partial charge in [0.2, 0.25) is 0 Å². The molecule has 0 saturated carbocycles. The van der Waals surface area contributed by atoms with Crippen molar-refractivity contribution in [2.75, 3.05) is 7.11 Å². The quantitative estimate of drug-likeness (QED) is 0.845. The fraction of sp³-hybridized carbons (Fsp3) is 0.462. The molecule has 3 heteroatoms. The van der Waals surface area contributed by atoms with Crippen molar-refractivity contribution in [1.82, 2.24) is 0 Å². The Hall–Kier alpha value is -1.53. The Labute approximate surface area is 96.8 Å². The Morgan fingerprint density at radius 3 is 2.56 bits per heavy atom. The summed E-state index contributed by atoms with van der Waals surface area (Å²) >= 11 is 0. The number of nitrogens with two attached hydrogens (primary N) is 1. The first-order chi connectivity index (χ1) is 7.60. The first kappa shape index (κ1) is 12.5. The van der Waals surface area contributed by atoms with Gasteiger partial charge in [-0.1, -0.05) is 6.07 Å². The van der Waals surface area contributed by atoms with Gasteiger partial charge in [0.05, 0.1) is 13.2 Å². The SMILES string of the molecule is COc1cc(C)c(C)cc1C(N)CCC#N. The Bertz CT molecular complexity index is 407. The molecule has 0 aliphatic heterocycles. The van der Waals surface area contributed by atoms with Crippen molar-refractivity contribution in [1.29, 1.82) is 5.26 Å². The first-order valence-electron chi connectivity index (χ1n) is 5.37. The van der Waals surface area contributed by atoms with Gasteiger partial charge in [0.15, 0.2) is 0 Å². The fourth-order valence-electron chi connectivity index (χ4n) is 1.65. The summed E-state index contributed by atoms with van der Waals surface area (Å²) in [7, 11) is 1.64. The van der Waals surface area contributed by atoms with E-state index in [1.54, 1.807) is 7.11 Å². The second kappa shape index (κ2) is 5.53. The zero-order chi connectivity index (χ0) is 12.1. The molecular formula is C13H18N2O. The minimum Gasteiger partial charge on any atom is -0.496 e. The Kier molecular flexibility index (Phi) is 4.33. The Morgan fingerprint density at radius 1 is 1.38 bits per heavy atom. The van der Waals surface area contributed by atoms with E-state index < -0.39 is 0 Å². The van der Waals surface area contributed by atoms with Crippen LogP contribution in [-0.2, 0) is 0 Å². The second-order valence-corrected chi connectivity index (χ2v) is 3.98. The van der Waals surface area contributed by atoms with E-state index in [4.69, 9.17) is 15.7 Å². The number of ether oxygens (including phenoxy) is 1. The highest BCUT2D eigenvalue weighted by Crippen LogP contribution is 2.29. The van der Waals surface area contributed by atoms with Crippen molar-refractivity contribution >= 4 is 0 Å². The average molecular weight is 218 g/mol. The molecule has 1 atom stereocenters. The van der Waals surface area contributed by atoms with Crippen LogP contribution in [0.5, 0.6) is 5.75 Å². The van der Waals surface area contributed by atoms with Crippen LogP contribution in [0.2, 0.25) is 0 Å². The Balaban J connectivity index is 3.02. The maximum atomic E-state index is 8.55. The van der Waals surface area contributed by atoms with E-state index >= 15 is 0 Å². The van der Waals surface area contributed by atoms with Crippen LogP contribution in [0.25, 0.3) is 0 Å². The zero-order valence-corrected chi connectivity index (χ0v) is 10.1. The number of rotatable bonds is 4. The fourth-order valence-corrected chi connectivity index (χ4v) is 1.65. The molecule has 3 nitrogen and oxygen atoms in total. The van der Waals surface area contributed by atoms with E-state index in [1.165, 1.54) is 11.1 Å². The third kappa shape index (κ3) is 2.74. The molecule has 0 amide bonds. The molecule has 1 aromatic carbocycles. The summed E-state index contributed by atoms with van der Waals surface area (Å²) in [4.78, 5) is 0. The molecule has 0 radical (unpaired) electrons. The van der Waals surface area contributed by atoms with Crippen molar-refractivity contribution in [3.8, 4) is 11.8 Å². The molecule has 0 saturated heterocycles. The third-order valence-electron chi connectivity index (χ3n) is 2.81. The molecule has 0 aliphatic carbocycles. The van der Waals surface area contributed by atoms with Crippen LogP contribution < -0.4 is 10.5 Å². The lowest BCUT2D eigenvalue weighted by molar-refractivity contribution is 0.404. The van der Waals surface area contributed by atoms with E-state index in [-0.39, 0.29) is 6.04 Å². The molecule has 0 aromatic heterocycles. The van der Waals surface area contributed by atoms with Gasteiger partial charge in [-0.25, -0.2) is 0 Å². The average Bonchev–Trinajstić information content (AvgIpc) is 2.28. The Morgan fingerprint density at radius 2 is 2.00 bits per heavy atom. The number of hydrogen-bond donors (Lipinski definition) is 1. The van der Waals surface area contributed by atoms with Gasteiger partial charge in [0.1, 0.15) is 5.75 Å². The molecule has 2 N–H and O–H groups in total. The van der Waals surface area contributed by atoms with Crippen LogP contribution in [0, 0.1) is 25.2 Å². The molecule has 1 unspecified atom stereocenters. The van der Waals surface area contributed by atoms with Gasteiger partial charge >= 0.3 is 0 Å². The van der Waals surface area contributed by atoms with Crippen molar-refractivity contribution in [3.05, 3.63) is 28.8 Å². The number of nitrogens with zero attached hydrogens (tertiary/aromatic N) is 1. The van der Waals surface area contributed by atoms with E-state index in [2.05, 4.69) is 19.1 Å². The van der Waals surface area contributed by atoms with Crippen molar-refractivity contribution < 1.29 is 4.74 Å². The van der Waals surface area contributed by atoms with Gasteiger partial charge in [-0.2, -0.15) is 5.26 Å². The lowest BCUT2D eigenvalue weighted by Crippen LogP contribution is -2.12. The summed E-state index contributed by atoms with van der Waals surface area (Å²) in [5.74, 6) is 0.813.